The third kappa shape index (κ3) is 5.29. The molecule has 180 valence electrons. The molecule has 7 heteroatoms. The minimum Gasteiger partial charge on any atom is -0.495 e. The summed E-state index contributed by atoms with van der Waals surface area (Å²) in [5, 5.41) is 3.39. The van der Waals surface area contributed by atoms with Crippen LogP contribution in [-0.2, 0) is 13.0 Å². The largest absolute Gasteiger partial charge is 0.495 e. The van der Waals surface area contributed by atoms with Gasteiger partial charge in [-0.3, -0.25) is 9.78 Å². The predicted octanol–water partition coefficient (Wildman–Crippen LogP) is 4.84. The van der Waals surface area contributed by atoms with E-state index in [2.05, 4.69) is 31.8 Å². The van der Waals surface area contributed by atoms with Crippen molar-refractivity contribution in [2.24, 2.45) is 5.92 Å². The van der Waals surface area contributed by atoms with Crippen molar-refractivity contribution < 1.29 is 9.53 Å². The second kappa shape index (κ2) is 10.6. The zero-order valence-electron chi connectivity index (χ0n) is 20.1. The van der Waals surface area contributed by atoms with Gasteiger partial charge >= 0.3 is 0 Å². The average molecular weight is 470 g/mol. The first-order valence-corrected chi connectivity index (χ1v) is 12.2. The van der Waals surface area contributed by atoms with Gasteiger partial charge in [0.2, 0.25) is 0 Å². The van der Waals surface area contributed by atoms with Crippen molar-refractivity contribution >= 4 is 17.2 Å². The number of aromatic nitrogens is 3. The van der Waals surface area contributed by atoms with Crippen molar-refractivity contribution in [3.63, 3.8) is 0 Å². The number of ether oxygens (including phenoxy) is 1. The van der Waals surface area contributed by atoms with Gasteiger partial charge in [0.05, 0.1) is 12.8 Å². The van der Waals surface area contributed by atoms with Gasteiger partial charge in [-0.2, -0.15) is 0 Å². The number of carbonyl (C=O) groups excluding carboxylic acids is 1. The summed E-state index contributed by atoms with van der Waals surface area (Å²) in [5.74, 6) is 1.34. The summed E-state index contributed by atoms with van der Waals surface area (Å²) in [6.07, 6.45) is 13.6. The fraction of sp³-hybridized carbons (Fsp3) is 0.321. The Hall–Kier alpha value is -3.87. The van der Waals surface area contributed by atoms with Crippen molar-refractivity contribution in [2.75, 3.05) is 25.5 Å². The average Bonchev–Trinajstić information content (AvgIpc) is 3.27. The van der Waals surface area contributed by atoms with Crippen molar-refractivity contribution in [3.8, 4) is 5.75 Å². The zero-order valence-corrected chi connectivity index (χ0v) is 20.1. The highest BCUT2D eigenvalue weighted by molar-refractivity contribution is 5.95. The molecule has 0 bridgehead atoms. The number of fused-ring (bicyclic) bond motifs is 1. The van der Waals surface area contributed by atoms with Crippen LogP contribution in [0.2, 0.25) is 0 Å². The first-order valence-electron chi connectivity index (χ1n) is 12.2. The highest BCUT2D eigenvalue weighted by Gasteiger charge is 2.23. The third-order valence-electron chi connectivity index (χ3n) is 6.80. The zero-order chi connectivity index (χ0) is 24.0. The number of nitrogens with zero attached hydrogens (tertiary/aromatic N) is 4. The summed E-state index contributed by atoms with van der Waals surface area (Å²) in [6, 6.07) is 13.8. The summed E-state index contributed by atoms with van der Waals surface area (Å²) in [5.41, 5.74) is 4.87. The molecule has 3 aromatic heterocycles. The topological polar surface area (TPSA) is 71.8 Å². The number of carbonyl (C=O) groups is 1. The van der Waals surface area contributed by atoms with Crippen LogP contribution in [0.25, 0.3) is 5.65 Å². The number of anilines is 1. The van der Waals surface area contributed by atoms with Gasteiger partial charge < -0.3 is 19.4 Å². The number of methoxy groups -OCH3 is 1. The van der Waals surface area contributed by atoms with Gasteiger partial charge in [0.15, 0.2) is 0 Å². The molecule has 0 saturated carbocycles. The number of hydrogen-bond donors (Lipinski definition) is 1. The van der Waals surface area contributed by atoms with Gasteiger partial charge in [-0.15, -0.1) is 0 Å². The number of hydrogen-bond acceptors (Lipinski definition) is 5. The number of nitrogens with one attached hydrogen (secondary N) is 1. The highest BCUT2D eigenvalue weighted by atomic mass is 16.5. The molecule has 1 unspecified atom stereocenters. The van der Waals surface area contributed by atoms with Gasteiger partial charge in [-0.05, 0) is 73.1 Å². The lowest BCUT2D eigenvalue weighted by molar-refractivity contribution is 0.0760. The Morgan fingerprint density at radius 2 is 2.06 bits per heavy atom. The van der Waals surface area contributed by atoms with Crippen LogP contribution < -0.4 is 10.1 Å². The summed E-state index contributed by atoms with van der Waals surface area (Å²) < 4.78 is 7.59. The van der Waals surface area contributed by atoms with E-state index in [0.29, 0.717) is 18.0 Å². The molecule has 1 fully saturated rings. The van der Waals surface area contributed by atoms with Gasteiger partial charge in [0.1, 0.15) is 11.4 Å². The molecule has 0 radical (unpaired) electrons. The van der Waals surface area contributed by atoms with Crippen molar-refractivity contribution in [1.29, 1.82) is 0 Å². The number of benzene rings is 1. The minimum absolute atomic E-state index is 0.0769. The summed E-state index contributed by atoms with van der Waals surface area (Å²) >= 11 is 0. The van der Waals surface area contributed by atoms with E-state index in [4.69, 9.17) is 4.74 Å². The van der Waals surface area contributed by atoms with Gasteiger partial charge in [-0.1, -0.05) is 12.1 Å². The summed E-state index contributed by atoms with van der Waals surface area (Å²) in [7, 11) is 1.64. The second-order valence-electron chi connectivity index (χ2n) is 9.11. The molecule has 0 spiro atoms. The van der Waals surface area contributed by atoms with Crippen LogP contribution in [0.15, 0.2) is 73.4 Å². The molecule has 0 aliphatic carbocycles. The van der Waals surface area contributed by atoms with Crippen molar-refractivity contribution in [3.05, 3.63) is 90.1 Å². The Labute approximate surface area is 205 Å². The lowest BCUT2D eigenvalue weighted by Crippen LogP contribution is -2.32. The second-order valence-corrected chi connectivity index (χ2v) is 9.11. The predicted molar refractivity (Wildman–Crippen MR) is 137 cm³/mol. The number of amides is 1. The maximum atomic E-state index is 13.4. The molecule has 4 aromatic rings. The summed E-state index contributed by atoms with van der Waals surface area (Å²) in [4.78, 5) is 24.1. The molecule has 1 aliphatic heterocycles. The molecule has 1 saturated heterocycles. The number of pyridine rings is 2. The number of rotatable bonds is 7. The first-order chi connectivity index (χ1) is 17.2. The number of likely N-dealkylation sites (tertiary alicyclic amines) is 1. The van der Waals surface area contributed by atoms with Crippen LogP contribution in [-0.4, -0.2) is 45.4 Å². The fourth-order valence-corrected chi connectivity index (χ4v) is 4.91. The van der Waals surface area contributed by atoms with E-state index < -0.39 is 0 Å². The number of imidazole rings is 1. The Bertz CT molecular complexity index is 1290. The van der Waals surface area contributed by atoms with Gasteiger partial charge in [0.25, 0.3) is 5.91 Å². The van der Waals surface area contributed by atoms with Crippen molar-refractivity contribution in [2.45, 2.75) is 32.2 Å². The molecule has 7 nitrogen and oxygen atoms in total. The van der Waals surface area contributed by atoms with Crippen LogP contribution in [0.1, 0.15) is 40.7 Å². The molecular formula is C28H31N5O2. The molecule has 1 aliphatic rings. The molecule has 1 amide bonds. The van der Waals surface area contributed by atoms with E-state index in [9.17, 15) is 4.79 Å². The van der Waals surface area contributed by atoms with Gasteiger partial charge in [0, 0.05) is 56.2 Å². The Kier molecular flexibility index (Phi) is 6.93. The maximum absolute atomic E-state index is 13.4. The standard InChI is InChI=1S/C28H31N5O2/c1-35-26-9-8-24(18-25(26)31-20-22-5-2-11-29-19-22)28(34)33-14-3-6-21(10-15-33)17-23-7-4-13-32-16-12-30-27(23)32/h2,4-5,7-9,11-13,16,18-19,21,31H,3,6,10,14-15,17,20H2,1H3. The Balaban J connectivity index is 1.24. The van der Waals surface area contributed by atoms with Gasteiger partial charge in [-0.25, -0.2) is 4.98 Å². The van der Waals surface area contributed by atoms with E-state index in [0.717, 1.165) is 61.4 Å². The molecule has 35 heavy (non-hydrogen) atoms. The molecular weight excluding hydrogens is 438 g/mol. The van der Waals surface area contributed by atoms with Crippen LogP contribution in [0.5, 0.6) is 5.75 Å². The molecule has 4 heterocycles. The SMILES string of the molecule is COc1ccc(C(=O)N2CCCC(Cc3cccn4ccnc34)CC2)cc1NCc1cccnc1. The van der Waals surface area contributed by atoms with E-state index >= 15 is 0 Å². The smallest absolute Gasteiger partial charge is 0.253 e. The quantitative estimate of drug-likeness (QED) is 0.420. The third-order valence-corrected chi connectivity index (χ3v) is 6.80. The molecule has 1 aromatic carbocycles. The molecule has 1 atom stereocenters. The monoisotopic (exact) mass is 469 g/mol. The van der Waals surface area contributed by atoms with Crippen molar-refractivity contribution in [1.82, 2.24) is 19.3 Å². The highest BCUT2D eigenvalue weighted by Crippen LogP contribution is 2.28. The maximum Gasteiger partial charge on any atom is 0.253 e. The van der Waals surface area contributed by atoms with Crippen LogP contribution in [0, 0.1) is 5.92 Å². The summed E-state index contributed by atoms with van der Waals surface area (Å²) in [6.45, 7) is 2.16. The van der Waals surface area contributed by atoms with Crippen LogP contribution in [0.4, 0.5) is 5.69 Å². The first kappa shape index (κ1) is 22.9. The minimum atomic E-state index is 0.0769. The van der Waals surface area contributed by atoms with Crippen LogP contribution in [0.3, 0.4) is 0 Å². The van der Waals surface area contributed by atoms with E-state index in [1.165, 1.54) is 5.56 Å². The fourth-order valence-electron chi connectivity index (χ4n) is 4.91. The lowest BCUT2D eigenvalue weighted by Gasteiger charge is -2.22. The van der Waals surface area contributed by atoms with E-state index in [1.807, 2.05) is 60.0 Å². The molecule has 1 N–H and O–H groups in total. The van der Waals surface area contributed by atoms with E-state index in [1.54, 1.807) is 13.3 Å². The Morgan fingerprint density at radius 3 is 2.91 bits per heavy atom. The Morgan fingerprint density at radius 1 is 1.11 bits per heavy atom. The normalized spacial score (nSPS) is 16.1. The lowest BCUT2D eigenvalue weighted by atomic mass is 9.93. The van der Waals surface area contributed by atoms with E-state index in [-0.39, 0.29) is 5.91 Å². The van der Waals surface area contributed by atoms with Crippen LogP contribution >= 0.6 is 0 Å². The molecule has 5 rings (SSSR count).